The van der Waals surface area contributed by atoms with E-state index < -0.39 is 0 Å². The molecule has 0 saturated heterocycles. The summed E-state index contributed by atoms with van der Waals surface area (Å²) in [6.07, 6.45) is 1.43. The van der Waals surface area contributed by atoms with Gasteiger partial charge < -0.3 is 9.94 Å². The molecule has 6 heteroatoms. The maximum atomic E-state index is 9.07. The van der Waals surface area contributed by atoms with Gasteiger partial charge in [-0.2, -0.15) is 5.10 Å². The van der Waals surface area contributed by atoms with Crippen LogP contribution in [0, 0.1) is 0 Å². The summed E-state index contributed by atoms with van der Waals surface area (Å²) in [5.74, 6) is 0.812. The second kappa shape index (κ2) is 7.23. The molecule has 0 spiro atoms. The molecule has 1 heterocycles. The lowest BCUT2D eigenvalue weighted by Crippen LogP contribution is -1.93. The molecule has 0 atom stereocenters. The third kappa shape index (κ3) is 3.28. The molecule has 0 amide bonds. The van der Waals surface area contributed by atoms with E-state index in [1.54, 1.807) is 23.6 Å². The van der Waals surface area contributed by atoms with Crippen LogP contribution in [0.1, 0.15) is 5.56 Å². The van der Waals surface area contributed by atoms with Gasteiger partial charge in [-0.05, 0) is 24.3 Å². The van der Waals surface area contributed by atoms with Crippen molar-refractivity contribution in [2.24, 2.45) is 12.2 Å². The van der Waals surface area contributed by atoms with Gasteiger partial charge in [0.15, 0.2) is 0 Å². The summed E-state index contributed by atoms with van der Waals surface area (Å²) in [4.78, 5) is 1.05. The first kappa shape index (κ1) is 16.1. The molecule has 3 rings (SSSR count). The molecule has 0 aliphatic heterocycles. The smallest absolute Gasteiger partial charge is 0.118 e. The lowest BCUT2D eigenvalue weighted by atomic mass is 10.1. The van der Waals surface area contributed by atoms with Gasteiger partial charge in [0.1, 0.15) is 16.5 Å². The maximum absolute atomic E-state index is 9.07. The number of ether oxygens (including phenoxy) is 1. The van der Waals surface area contributed by atoms with Crippen LogP contribution in [-0.2, 0) is 7.05 Å². The van der Waals surface area contributed by atoms with Crippen LogP contribution in [-0.4, -0.2) is 28.3 Å². The molecule has 0 aliphatic rings. The van der Waals surface area contributed by atoms with Crippen LogP contribution in [0.3, 0.4) is 0 Å². The number of rotatable bonds is 5. The van der Waals surface area contributed by atoms with Crippen molar-refractivity contribution in [1.82, 2.24) is 9.78 Å². The Bertz CT molecular complexity index is 843. The van der Waals surface area contributed by atoms with Gasteiger partial charge in [-0.1, -0.05) is 47.2 Å². The average molecular weight is 339 g/mol. The molecule has 0 aliphatic carbocycles. The fourth-order valence-corrected chi connectivity index (χ4v) is 3.31. The number of aryl methyl sites for hydroxylation is 1. The summed E-state index contributed by atoms with van der Waals surface area (Å²) in [6, 6.07) is 17.6. The first-order valence-corrected chi connectivity index (χ1v) is 8.16. The highest BCUT2D eigenvalue weighted by Crippen LogP contribution is 2.35. The average Bonchev–Trinajstić information content (AvgIpc) is 2.93. The Morgan fingerprint density at radius 2 is 1.83 bits per heavy atom. The zero-order valence-corrected chi connectivity index (χ0v) is 14.2. The van der Waals surface area contributed by atoms with Crippen LogP contribution in [0.2, 0.25) is 0 Å². The van der Waals surface area contributed by atoms with E-state index in [1.165, 1.54) is 6.21 Å². The zero-order valence-electron chi connectivity index (χ0n) is 13.4. The molecule has 24 heavy (non-hydrogen) atoms. The standard InChI is InChI=1S/C18H17N3O2S/c1-21-18(24-15-10-8-14(23-2)9-11-15)16(12-19-22)17(20-21)13-6-4-3-5-7-13/h3-12,22H,1-2H3. The molecule has 0 unspecified atom stereocenters. The van der Waals surface area contributed by atoms with Crippen LogP contribution in [0.4, 0.5) is 0 Å². The maximum Gasteiger partial charge on any atom is 0.118 e. The van der Waals surface area contributed by atoms with E-state index in [-0.39, 0.29) is 0 Å². The molecule has 1 N–H and O–H groups in total. The van der Waals surface area contributed by atoms with Crippen molar-refractivity contribution >= 4 is 18.0 Å². The summed E-state index contributed by atoms with van der Waals surface area (Å²) in [5.41, 5.74) is 2.54. The van der Waals surface area contributed by atoms with E-state index in [0.29, 0.717) is 0 Å². The van der Waals surface area contributed by atoms with Crippen molar-refractivity contribution in [3.8, 4) is 17.0 Å². The van der Waals surface area contributed by atoms with Crippen LogP contribution in [0.15, 0.2) is 69.7 Å². The number of aromatic nitrogens is 2. The molecule has 122 valence electrons. The fourth-order valence-electron chi connectivity index (χ4n) is 2.38. The SMILES string of the molecule is COc1ccc(Sc2c(C=NO)c(-c3ccccc3)nn2C)cc1. The lowest BCUT2D eigenvalue weighted by molar-refractivity contribution is 0.321. The zero-order chi connectivity index (χ0) is 16.9. The number of benzene rings is 2. The summed E-state index contributed by atoms with van der Waals surface area (Å²) in [5, 5.41) is 17.8. The van der Waals surface area contributed by atoms with Gasteiger partial charge >= 0.3 is 0 Å². The Morgan fingerprint density at radius 1 is 1.12 bits per heavy atom. The highest BCUT2D eigenvalue weighted by atomic mass is 32.2. The summed E-state index contributed by atoms with van der Waals surface area (Å²) >= 11 is 1.56. The van der Waals surface area contributed by atoms with Crippen molar-refractivity contribution in [2.45, 2.75) is 9.92 Å². The monoisotopic (exact) mass is 339 g/mol. The minimum absolute atomic E-state index is 0.784. The minimum Gasteiger partial charge on any atom is -0.497 e. The Balaban J connectivity index is 2.02. The predicted molar refractivity (Wildman–Crippen MR) is 95.1 cm³/mol. The van der Waals surface area contributed by atoms with E-state index >= 15 is 0 Å². The fraction of sp³-hybridized carbons (Fsp3) is 0.111. The quantitative estimate of drug-likeness (QED) is 0.433. The number of oxime groups is 1. The molecule has 3 aromatic rings. The predicted octanol–water partition coefficient (Wildman–Crippen LogP) is 4.06. The van der Waals surface area contributed by atoms with Gasteiger partial charge in [0.05, 0.1) is 18.9 Å². The molecule has 1 aromatic heterocycles. The molecule has 5 nitrogen and oxygen atoms in total. The highest BCUT2D eigenvalue weighted by molar-refractivity contribution is 7.99. The molecule has 2 aromatic carbocycles. The Hall–Kier alpha value is -2.73. The molecular weight excluding hydrogens is 322 g/mol. The largest absolute Gasteiger partial charge is 0.497 e. The molecule has 0 fully saturated rings. The highest BCUT2D eigenvalue weighted by Gasteiger charge is 2.17. The number of hydrogen-bond acceptors (Lipinski definition) is 5. The number of hydrogen-bond donors (Lipinski definition) is 1. The van der Waals surface area contributed by atoms with Crippen molar-refractivity contribution in [3.63, 3.8) is 0 Å². The minimum atomic E-state index is 0.784. The Labute approximate surface area is 144 Å². The van der Waals surface area contributed by atoms with Crippen molar-refractivity contribution in [3.05, 3.63) is 60.2 Å². The third-order valence-corrected chi connectivity index (χ3v) is 4.72. The van der Waals surface area contributed by atoms with E-state index in [2.05, 4.69) is 10.3 Å². The molecule has 0 saturated carbocycles. The molecular formula is C18H17N3O2S. The molecule has 0 radical (unpaired) electrons. The molecule has 0 bridgehead atoms. The van der Waals surface area contributed by atoms with Crippen molar-refractivity contribution in [2.75, 3.05) is 7.11 Å². The van der Waals surface area contributed by atoms with Gasteiger partial charge in [-0.25, -0.2) is 0 Å². The van der Waals surface area contributed by atoms with E-state index in [1.807, 2.05) is 61.6 Å². The number of methoxy groups -OCH3 is 1. The van der Waals surface area contributed by atoms with E-state index in [0.717, 1.165) is 32.5 Å². The second-order valence-corrected chi connectivity index (χ2v) is 6.14. The second-order valence-electron chi connectivity index (χ2n) is 5.08. The Morgan fingerprint density at radius 3 is 2.46 bits per heavy atom. The topological polar surface area (TPSA) is 59.6 Å². The van der Waals surface area contributed by atoms with E-state index in [4.69, 9.17) is 9.94 Å². The van der Waals surface area contributed by atoms with Gasteiger partial charge in [0.25, 0.3) is 0 Å². The van der Waals surface area contributed by atoms with Gasteiger partial charge in [-0.3, -0.25) is 4.68 Å². The summed E-state index contributed by atoms with van der Waals surface area (Å²) in [6.45, 7) is 0. The van der Waals surface area contributed by atoms with E-state index in [9.17, 15) is 0 Å². The first-order chi connectivity index (χ1) is 11.7. The summed E-state index contributed by atoms with van der Waals surface area (Å²) in [7, 11) is 3.53. The normalized spacial score (nSPS) is 11.1. The van der Waals surface area contributed by atoms with Gasteiger partial charge in [-0.15, -0.1) is 0 Å². The first-order valence-electron chi connectivity index (χ1n) is 7.34. The third-order valence-electron chi connectivity index (χ3n) is 3.54. The van der Waals surface area contributed by atoms with Crippen molar-refractivity contribution < 1.29 is 9.94 Å². The van der Waals surface area contributed by atoms with Crippen LogP contribution >= 0.6 is 11.8 Å². The summed E-state index contributed by atoms with van der Waals surface area (Å²) < 4.78 is 6.99. The van der Waals surface area contributed by atoms with Gasteiger partial charge in [0, 0.05) is 17.5 Å². The van der Waals surface area contributed by atoms with Crippen LogP contribution < -0.4 is 4.74 Å². The van der Waals surface area contributed by atoms with Gasteiger partial charge in [0.2, 0.25) is 0 Å². The Kier molecular flexibility index (Phi) is 4.86. The van der Waals surface area contributed by atoms with Crippen molar-refractivity contribution in [1.29, 1.82) is 0 Å². The van der Waals surface area contributed by atoms with Crippen LogP contribution in [0.25, 0.3) is 11.3 Å². The lowest BCUT2D eigenvalue weighted by Gasteiger charge is -2.05. The van der Waals surface area contributed by atoms with Crippen LogP contribution in [0.5, 0.6) is 5.75 Å². The number of nitrogens with zero attached hydrogens (tertiary/aromatic N) is 3.